The molecule has 0 radical (unpaired) electrons. The van der Waals surface area contributed by atoms with Gasteiger partial charge in [-0.05, 0) is 35.7 Å². The first-order valence-corrected chi connectivity index (χ1v) is 9.29. The van der Waals surface area contributed by atoms with Gasteiger partial charge < -0.3 is 33.9 Å². The van der Waals surface area contributed by atoms with E-state index in [9.17, 15) is 15.0 Å². The highest BCUT2D eigenvalue weighted by atomic mass is 16.7. The number of fused-ring (bicyclic) bond motifs is 3. The summed E-state index contributed by atoms with van der Waals surface area (Å²) in [7, 11) is 2.90. The Kier molecular flexibility index (Phi) is 3.90. The van der Waals surface area contributed by atoms with Gasteiger partial charge in [0.15, 0.2) is 23.0 Å². The average Bonchev–Trinajstić information content (AvgIpc) is 3.34. The van der Waals surface area contributed by atoms with Crippen LogP contribution in [0.1, 0.15) is 22.6 Å². The smallest absolute Gasteiger partial charge is 0.310 e. The number of phenols is 2. The molecule has 3 aliphatic rings. The maximum absolute atomic E-state index is 12.6. The minimum atomic E-state index is -0.429. The second-order valence-electron chi connectivity index (χ2n) is 7.40. The Bertz CT molecular complexity index is 989. The van der Waals surface area contributed by atoms with E-state index in [1.54, 1.807) is 12.1 Å². The number of esters is 1. The number of carbonyl (C=O) groups excluding carboxylic acids is 1. The molecule has 1 fully saturated rings. The van der Waals surface area contributed by atoms with Crippen LogP contribution in [0, 0.1) is 11.8 Å². The summed E-state index contributed by atoms with van der Waals surface area (Å²) in [4.78, 5) is 12.6. The first-order chi connectivity index (χ1) is 14.0. The fourth-order valence-electron chi connectivity index (χ4n) is 4.69. The summed E-state index contributed by atoms with van der Waals surface area (Å²) in [6.45, 7) is 0.325. The third kappa shape index (κ3) is 2.48. The Morgan fingerprint density at radius 2 is 1.72 bits per heavy atom. The van der Waals surface area contributed by atoms with E-state index >= 15 is 0 Å². The highest BCUT2D eigenvalue weighted by Crippen LogP contribution is 2.55. The Labute approximate surface area is 166 Å². The van der Waals surface area contributed by atoms with Crippen LogP contribution in [0.3, 0.4) is 0 Å². The molecular formula is C21H20O8. The molecule has 2 aromatic rings. The van der Waals surface area contributed by atoms with Crippen LogP contribution < -0.4 is 18.9 Å². The van der Waals surface area contributed by atoms with E-state index in [0.717, 1.165) is 5.56 Å². The van der Waals surface area contributed by atoms with Crippen molar-refractivity contribution in [3.05, 3.63) is 34.9 Å². The van der Waals surface area contributed by atoms with Crippen LogP contribution >= 0.6 is 0 Å². The molecule has 0 spiro atoms. The summed E-state index contributed by atoms with van der Waals surface area (Å²) < 4.78 is 26.9. The topological polar surface area (TPSA) is 104 Å². The molecule has 2 aliphatic heterocycles. The lowest BCUT2D eigenvalue weighted by atomic mass is 9.67. The number of aromatic hydroxyl groups is 2. The molecule has 0 aromatic heterocycles. The number of phenolic OH excluding ortho intramolecular Hbond substituents is 2. The fraction of sp³-hybridized carbons (Fsp3) is 0.381. The SMILES string of the molecule is COc1cc([C@@H]2c3cc4c(c(O)c3C[C@H]3COC(=O)C32)OCO4)cc(OC)c1O. The number of benzene rings is 2. The van der Waals surface area contributed by atoms with E-state index in [2.05, 4.69) is 0 Å². The lowest BCUT2D eigenvalue weighted by Crippen LogP contribution is -2.31. The van der Waals surface area contributed by atoms with Gasteiger partial charge >= 0.3 is 5.97 Å². The predicted molar refractivity (Wildman–Crippen MR) is 98.9 cm³/mol. The third-order valence-electron chi connectivity index (χ3n) is 6.02. The molecule has 3 atom stereocenters. The van der Waals surface area contributed by atoms with Crippen molar-refractivity contribution in [1.82, 2.24) is 0 Å². The molecule has 1 aliphatic carbocycles. The maximum atomic E-state index is 12.6. The third-order valence-corrected chi connectivity index (χ3v) is 6.02. The monoisotopic (exact) mass is 400 g/mol. The molecule has 1 saturated heterocycles. The van der Waals surface area contributed by atoms with Crippen LogP contribution in [-0.2, 0) is 16.0 Å². The number of hydrogen-bond donors (Lipinski definition) is 2. The number of methoxy groups -OCH3 is 2. The standard InChI is InChI=1S/C21H20O8/c1-25-13-4-9(5-14(26-2)19(13)23)16-11-6-15-20(29-8-28-15)18(22)12(11)3-10-7-27-21(24)17(10)16/h4-6,10,16-17,22-23H,3,7-8H2,1-2H3/t10-,16+,17?/m0/s1. The summed E-state index contributed by atoms with van der Waals surface area (Å²) in [5, 5.41) is 21.1. The van der Waals surface area contributed by atoms with Gasteiger partial charge in [0.2, 0.25) is 18.3 Å². The molecule has 2 N–H and O–H groups in total. The zero-order valence-electron chi connectivity index (χ0n) is 15.9. The minimum absolute atomic E-state index is 0.0339. The van der Waals surface area contributed by atoms with Gasteiger partial charge in [-0.15, -0.1) is 0 Å². The highest BCUT2D eigenvalue weighted by molar-refractivity contribution is 5.79. The molecule has 29 heavy (non-hydrogen) atoms. The van der Waals surface area contributed by atoms with E-state index in [0.29, 0.717) is 35.7 Å². The molecule has 0 bridgehead atoms. The van der Waals surface area contributed by atoms with Crippen LogP contribution in [0.4, 0.5) is 0 Å². The fourth-order valence-corrected chi connectivity index (χ4v) is 4.69. The summed E-state index contributed by atoms with van der Waals surface area (Å²) in [6, 6.07) is 5.18. The van der Waals surface area contributed by atoms with E-state index < -0.39 is 11.8 Å². The van der Waals surface area contributed by atoms with Crippen molar-refractivity contribution in [3.63, 3.8) is 0 Å². The largest absolute Gasteiger partial charge is 0.504 e. The lowest BCUT2D eigenvalue weighted by molar-refractivity contribution is -0.141. The molecular weight excluding hydrogens is 380 g/mol. The number of hydrogen-bond acceptors (Lipinski definition) is 8. The van der Waals surface area contributed by atoms with Gasteiger partial charge in [-0.25, -0.2) is 0 Å². The molecule has 8 heteroatoms. The van der Waals surface area contributed by atoms with Crippen LogP contribution in [0.25, 0.3) is 0 Å². The zero-order chi connectivity index (χ0) is 20.3. The second kappa shape index (κ2) is 6.37. The quantitative estimate of drug-likeness (QED) is 0.757. The summed E-state index contributed by atoms with van der Waals surface area (Å²) >= 11 is 0. The molecule has 2 heterocycles. The number of carbonyl (C=O) groups is 1. The molecule has 5 rings (SSSR count). The van der Waals surface area contributed by atoms with Crippen LogP contribution in [-0.4, -0.2) is 43.8 Å². The minimum Gasteiger partial charge on any atom is -0.504 e. The Balaban J connectivity index is 1.75. The van der Waals surface area contributed by atoms with Gasteiger partial charge in [0.25, 0.3) is 0 Å². The molecule has 2 aromatic carbocycles. The first-order valence-electron chi connectivity index (χ1n) is 9.29. The number of cyclic esters (lactones) is 1. The van der Waals surface area contributed by atoms with Crippen molar-refractivity contribution in [3.8, 4) is 34.5 Å². The summed E-state index contributed by atoms with van der Waals surface area (Å²) in [5.41, 5.74) is 2.19. The summed E-state index contributed by atoms with van der Waals surface area (Å²) in [6.07, 6.45) is 0.497. The molecule has 152 valence electrons. The van der Waals surface area contributed by atoms with E-state index in [1.807, 2.05) is 6.07 Å². The number of ether oxygens (including phenoxy) is 5. The molecule has 8 nitrogen and oxygen atoms in total. The Morgan fingerprint density at radius 3 is 2.41 bits per heavy atom. The Hall–Kier alpha value is -3.29. The highest BCUT2D eigenvalue weighted by Gasteiger charge is 2.49. The van der Waals surface area contributed by atoms with Crippen molar-refractivity contribution in [1.29, 1.82) is 0 Å². The Morgan fingerprint density at radius 1 is 1.00 bits per heavy atom. The number of rotatable bonds is 3. The van der Waals surface area contributed by atoms with Crippen molar-refractivity contribution in [2.75, 3.05) is 27.6 Å². The predicted octanol–water partition coefficient (Wildman–Crippen LogP) is 2.32. The van der Waals surface area contributed by atoms with Crippen molar-refractivity contribution in [2.45, 2.75) is 12.3 Å². The molecule has 0 amide bonds. The maximum Gasteiger partial charge on any atom is 0.310 e. The van der Waals surface area contributed by atoms with Gasteiger partial charge in [0, 0.05) is 17.4 Å². The van der Waals surface area contributed by atoms with Crippen LogP contribution in [0.5, 0.6) is 34.5 Å². The van der Waals surface area contributed by atoms with Crippen LogP contribution in [0.2, 0.25) is 0 Å². The van der Waals surface area contributed by atoms with Gasteiger partial charge in [-0.1, -0.05) is 0 Å². The van der Waals surface area contributed by atoms with Crippen molar-refractivity contribution in [2.24, 2.45) is 11.8 Å². The van der Waals surface area contributed by atoms with E-state index in [-0.39, 0.29) is 41.7 Å². The van der Waals surface area contributed by atoms with Gasteiger partial charge in [0.1, 0.15) is 0 Å². The summed E-state index contributed by atoms with van der Waals surface area (Å²) in [5.74, 6) is -0.0708. The van der Waals surface area contributed by atoms with Crippen molar-refractivity contribution < 1.29 is 38.7 Å². The normalized spacial score (nSPS) is 23.9. The lowest BCUT2D eigenvalue weighted by Gasteiger charge is -2.34. The molecule has 1 unspecified atom stereocenters. The second-order valence-corrected chi connectivity index (χ2v) is 7.40. The average molecular weight is 400 g/mol. The molecule has 0 saturated carbocycles. The first kappa shape index (κ1) is 17.8. The van der Waals surface area contributed by atoms with Gasteiger partial charge in [-0.2, -0.15) is 0 Å². The van der Waals surface area contributed by atoms with E-state index in [4.69, 9.17) is 23.7 Å². The van der Waals surface area contributed by atoms with E-state index in [1.165, 1.54) is 14.2 Å². The van der Waals surface area contributed by atoms with Gasteiger partial charge in [-0.3, -0.25) is 4.79 Å². The zero-order valence-corrected chi connectivity index (χ0v) is 15.9. The van der Waals surface area contributed by atoms with Crippen LogP contribution in [0.15, 0.2) is 18.2 Å². The van der Waals surface area contributed by atoms with Crippen molar-refractivity contribution >= 4 is 5.97 Å². The van der Waals surface area contributed by atoms with Gasteiger partial charge in [0.05, 0.1) is 26.7 Å².